The molecule has 1 aliphatic heterocycles. The Balaban J connectivity index is 3.08. The van der Waals surface area contributed by atoms with Crippen molar-refractivity contribution in [3.63, 3.8) is 0 Å². The van der Waals surface area contributed by atoms with E-state index in [1.165, 1.54) is 0 Å². The highest BCUT2D eigenvalue weighted by Gasteiger charge is 2.50. The van der Waals surface area contributed by atoms with Gasteiger partial charge in [-0.3, -0.25) is 0 Å². The van der Waals surface area contributed by atoms with Gasteiger partial charge < -0.3 is 4.52 Å². The highest BCUT2D eigenvalue weighted by molar-refractivity contribution is 7.84. The Bertz CT molecular complexity index is 299. The lowest BCUT2D eigenvalue weighted by atomic mass is 11.3. The molecule has 1 N–H and O–H groups in total. The minimum absolute atomic E-state index is 0.534. The van der Waals surface area contributed by atoms with Crippen LogP contribution in [0.4, 0.5) is 17.4 Å². The molecule has 0 amide bonds. The molecule has 3 atom stereocenters. The van der Waals surface area contributed by atoms with Crippen LogP contribution in [0.25, 0.3) is 0 Å². The van der Waals surface area contributed by atoms with Gasteiger partial charge in [-0.15, -0.1) is 8.96 Å². The molecule has 1 saturated heterocycles. The van der Waals surface area contributed by atoms with E-state index in [0.717, 1.165) is 7.11 Å². The third-order valence-electron chi connectivity index (χ3n) is 1.35. The number of halogens is 4. The molecule has 0 bridgehead atoms. The van der Waals surface area contributed by atoms with Crippen LogP contribution in [-0.2, 0) is 4.52 Å². The summed E-state index contributed by atoms with van der Waals surface area (Å²) in [5.74, 6) is 0. The van der Waals surface area contributed by atoms with E-state index in [-0.39, 0.29) is 0 Å². The molecule has 0 spiro atoms. The summed E-state index contributed by atoms with van der Waals surface area (Å²) in [6.07, 6.45) is 0. The van der Waals surface area contributed by atoms with Gasteiger partial charge in [-0.05, 0) is 9.33 Å². The second kappa shape index (κ2) is 4.56. The summed E-state index contributed by atoms with van der Waals surface area (Å²) in [6, 6.07) is 0. The van der Waals surface area contributed by atoms with Crippen molar-refractivity contribution in [1.29, 1.82) is 0 Å². The van der Waals surface area contributed by atoms with E-state index in [1.54, 1.807) is 0 Å². The van der Waals surface area contributed by atoms with E-state index in [2.05, 4.69) is 11.1 Å². The van der Waals surface area contributed by atoms with Crippen molar-refractivity contribution < 1.29 is 21.9 Å². The third-order valence-corrected chi connectivity index (χ3v) is 7.46. The average Bonchev–Trinajstić information content (AvgIpc) is 2.21. The van der Waals surface area contributed by atoms with Gasteiger partial charge in [-0.1, -0.05) is 12.0 Å². The molecule has 4 nitrogen and oxygen atoms in total. The van der Waals surface area contributed by atoms with Crippen LogP contribution in [0.5, 0.6) is 0 Å². The zero-order valence-electron chi connectivity index (χ0n) is 6.86. The summed E-state index contributed by atoms with van der Waals surface area (Å²) in [4.78, 5) is 1.85. The van der Waals surface area contributed by atoms with E-state index in [0.29, 0.717) is 0 Å². The lowest BCUT2D eigenvalue weighted by Crippen LogP contribution is -2.26. The molecule has 1 rings (SSSR count). The van der Waals surface area contributed by atoms with Crippen LogP contribution in [-0.4, -0.2) is 21.9 Å². The van der Waals surface area contributed by atoms with Gasteiger partial charge in [0.05, 0.1) is 0 Å². The van der Waals surface area contributed by atoms with Crippen molar-refractivity contribution in [1.82, 2.24) is 14.2 Å². The van der Waals surface area contributed by atoms with Crippen LogP contribution >= 0.6 is 24.5 Å². The van der Waals surface area contributed by atoms with Gasteiger partial charge in [0.2, 0.25) is 7.41 Å². The van der Waals surface area contributed by atoms with Gasteiger partial charge in [0.1, 0.15) is 0 Å². The summed E-state index contributed by atoms with van der Waals surface area (Å²) >= 11 is 0. The summed E-state index contributed by atoms with van der Waals surface area (Å²) in [6.45, 7) is 3.07. The van der Waals surface area contributed by atoms with Gasteiger partial charge >= 0.3 is 8.53 Å². The van der Waals surface area contributed by atoms with Crippen molar-refractivity contribution in [2.75, 3.05) is 7.11 Å². The van der Waals surface area contributed by atoms with Gasteiger partial charge in [0.15, 0.2) is 0 Å². The maximum Gasteiger partial charge on any atom is 0.309 e. The fourth-order valence-corrected chi connectivity index (χ4v) is 6.37. The minimum Gasteiger partial charge on any atom is -0.330 e. The van der Waals surface area contributed by atoms with Crippen LogP contribution in [0.1, 0.15) is 0 Å². The SMILES string of the molecule is C=C=P1(OC)NP(F)N(F)P(F)N1F. The fraction of sp³-hybridized carbons (Fsp3) is 0.333. The molecule has 1 aliphatic rings. The number of nitrogens with zero attached hydrogens (tertiary/aromatic N) is 2. The lowest BCUT2D eigenvalue weighted by molar-refractivity contribution is 0.175. The molecule has 0 saturated carbocycles. The molecule has 0 aliphatic carbocycles. The summed E-state index contributed by atoms with van der Waals surface area (Å²) in [7, 11) is -9.09. The molecule has 1 fully saturated rings. The van der Waals surface area contributed by atoms with Crippen LogP contribution in [0, 0.1) is 0 Å². The second-order valence-electron chi connectivity index (χ2n) is 2.00. The molecule has 0 aromatic rings. The molecular formula is C3H6F4N3OP3. The Morgan fingerprint density at radius 3 is 2.50 bits per heavy atom. The van der Waals surface area contributed by atoms with Crippen molar-refractivity contribution in [2.24, 2.45) is 0 Å². The first-order chi connectivity index (χ1) is 6.48. The topological polar surface area (TPSA) is 27.7 Å². The van der Waals surface area contributed by atoms with E-state index in [4.69, 9.17) is 0 Å². The van der Waals surface area contributed by atoms with Gasteiger partial charge in [-0.2, -0.15) is 13.3 Å². The number of nitrogens with one attached hydrogen (secondary N) is 1. The average molecular weight is 269 g/mol. The van der Waals surface area contributed by atoms with Crippen LogP contribution in [0.3, 0.4) is 0 Å². The highest BCUT2D eigenvalue weighted by atomic mass is 31.3. The lowest BCUT2D eigenvalue weighted by Gasteiger charge is -2.36. The predicted molar refractivity (Wildman–Crippen MR) is 49.6 cm³/mol. The Labute approximate surface area is 80.5 Å². The highest BCUT2D eigenvalue weighted by Crippen LogP contribution is 2.75. The normalized spacial score (nSPS) is 40.9. The van der Waals surface area contributed by atoms with Crippen molar-refractivity contribution in [3.05, 3.63) is 6.58 Å². The van der Waals surface area contributed by atoms with E-state index in [1.807, 2.05) is 10.3 Å². The zero-order chi connectivity index (χ0) is 10.9. The predicted octanol–water partition coefficient (Wildman–Crippen LogP) is 3.35. The van der Waals surface area contributed by atoms with Gasteiger partial charge in [-0.25, -0.2) is 0 Å². The smallest absolute Gasteiger partial charge is 0.309 e. The first-order valence-corrected chi connectivity index (χ1v) is 7.07. The zero-order valence-corrected chi connectivity index (χ0v) is 9.55. The van der Waals surface area contributed by atoms with E-state index < -0.39 is 33.8 Å². The number of hydrogen-bond acceptors (Lipinski definition) is 4. The Hall–Kier alpha value is 0.500. The quantitative estimate of drug-likeness (QED) is 0.449. The second-order valence-corrected chi connectivity index (χ2v) is 7.67. The third kappa shape index (κ3) is 1.90. The molecule has 1 heterocycles. The van der Waals surface area contributed by atoms with Crippen LogP contribution < -0.4 is 4.86 Å². The Morgan fingerprint density at radius 1 is 1.50 bits per heavy atom. The molecule has 0 radical (unpaired) electrons. The monoisotopic (exact) mass is 269 g/mol. The largest absolute Gasteiger partial charge is 0.330 e. The van der Waals surface area contributed by atoms with Crippen molar-refractivity contribution in [3.8, 4) is 0 Å². The molecule has 14 heavy (non-hydrogen) atoms. The Morgan fingerprint density at radius 2 is 2.07 bits per heavy atom. The maximum absolute atomic E-state index is 13.1. The van der Waals surface area contributed by atoms with Crippen molar-refractivity contribution >= 4 is 29.9 Å². The maximum atomic E-state index is 13.1. The van der Waals surface area contributed by atoms with Gasteiger partial charge in [0.25, 0.3) is 8.53 Å². The summed E-state index contributed by atoms with van der Waals surface area (Å²) in [5, 5.41) is 0. The van der Waals surface area contributed by atoms with E-state index in [9.17, 15) is 17.4 Å². The minimum atomic E-state index is -3.51. The van der Waals surface area contributed by atoms with E-state index >= 15 is 0 Å². The molecule has 3 unspecified atom stereocenters. The standard InChI is InChI=1S/C3H6F4N3OP3/c1-3-14(11-2)8-12(6)9(4)13(7)10(14)5/h8H,1H2,2H3. The molecule has 11 heteroatoms. The number of hydrogen-bond donors (Lipinski definition) is 1. The first kappa shape index (κ1) is 12.6. The summed E-state index contributed by atoms with van der Waals surface area (Å²) in [5.41, 5.74) is 2.04. The van der Waals surface area contributed by atoms with Gasteiger partial charge in [0, 0.05) is 7.11 Å². The van der Waals surface area contributed by atoms with Crippen LogP contribution in [0.15, 0.2) is 6.58 Å². The molecule has 82 valence electrons. The molecule has 0 aromatic heterocycles. The fourth-order valence-electron chi connectivity index (χ4n) is 0.682. The first-order valence-electron chi connectivity index (χ1n) is 3.09. The van der Waals surface area contributed by atoms with Crippen LogP contribution in [0.2, 0.25) is 0 Å². The summed E-state index contributed by atoms with van der Waals surface area (Å²) < 4.78 is 54.6. The van der Waals surface area contributed by atoms with Crippen molar-refractivity contribution in [2.45, 2.75) is 0 Å². The Kier molecular flexibility index (Phi) is 4.10. The molecule has 0 aromatic carbocycles. The molecular weight excluding hydrogens is 263 g/mol. The number of rotatable bonds is 1.